The van der Waals surface area contributed by atoms with Gasteiger partial charge < -0.3 is 0 Å². The van der Waals surface area contributed by atoms with Crippen molar-refractivity contribution >= 4 is 29.1 Å². The van der Waals surface area contributed by atoms with Crippen LogP contribution in [0.3, 0.4) is 0 Å². The van der Waals surface area contributed by atoms with E-state index in [0.29, 0.717) is 12.5 Å². The normalized spacial score (nSPS) is 20.1. The Bertz CT molecular complexity index is 426. The van der Waals surface area contributed by atoms with E-state index in [0.717, 1.165) is 5.71 Å². The summed E-state index contributed by atoms with van der Waals surface area (Å²) < 4.78 is 7.29. The van der Waals surface area contributed by atoms with Crippen molar-refractivity contribution in [3.63, 3.8) is 0 Å². The Kier molecular flexibility index (Phi) is 4.26. The van der Waals surface area contributed by atoms with Crippen LogP contribution in [0.15, 0.2) is 29.3 Å². The maximum absolute atomic E-state index is 5.73. The van der Waals surface area contributed by atoms with E-state index in [4.69, 9.17) is 9.73 Å². The van der Waals surface area contributed by atoms with E-state index in [1.807, 2.05) is 0 Å². The average Bonchev–Trinajstić information content (AvgIpc) is 2.78. The van der Waals surface area contributed by atoms with Gasteiger partial charge in [0, 0.05) is 0 Å². The Morgan fingerprint density at radius 3 is 2.59 bits per heavy atom. The molecule has 2 nitrogen and oxygen atoms in total. The molecule has 0 amide bonds. The zero-order valence-electron chi connectivity index (χ0n) is 11.0. The van der Waals surface area contributed by atoms with Crippen LogP contribution in [-0.2, 0) is 4.74 Å². The van der Waals surface area contributed by atoms with Gasteiger partial charge in [0.15, 0.2) is 0 Å². The monoisotopic (exact) mass is 338 g/mol. The third-order valence-electron chi connectivity index (χ3n) is 3.02. The summed E-state index contributed by atoms with van der Waals surface area (Å²) in [6, 6.07) is 8.72. The molecule has 2 rings (SSSR count). The summed E-state index contributed by atoms with van der Waals surface area (Å²) in [4.78, 5) is 9.55. The fraction of sp³-hybridized carbons (Fsp3) is 0.500. The number of rotatable bonds is 3. The predicted molar refractivity (Wildman–Crippen MR) is 74.7 cm³/mol. The van der Waals surface area contributed by atoms with E-state index in [2.05, 4.69) is 48.0 Å². The molecule has 0 saturated carbocycles. The van der Waals surface area contributed by atoms with Gasteiger partial charge in [0.25, 0.3) is 0 Å². The summed E-state index contributed by atoms with van der Waals surface area (Å²) in [5, 5.41) is 0. The fourth-order valence-electron chi connectivity index (χ4n) is 2.05. The van der Waals surface area contributed by atoms with Crippen molar-refractivity contribution < 1.29 is 4.74 Å². The van der Waals surface area contributed by atoms with E-state index in [1.165, 1.54) is 5.56 Å². The Labute approximate surface area is 111 Å². The first-order valence-corrected chi connectivity index (χ1v) is 13.3. The summed E-state index contributed by atoms with van der Waals surface area (Å²) in [6.45, 7) is 4.99. The number of benzene rings is 1. The zero-order valence-corrected chi connectivity index (χ0v) is 13.9. The second kappa shape index (κ2) is 5.53. The van der Waals surface area contributed by atoms with Crippen LogP contribution in [0.25, 0.3) is 0 Å². The second-order valence-electron chi connectivity index (χ2n) is 5.07. The number of aliphatic imine (C=N–C) groups is 1. The molecule has 3 heteroatoms. The molecular weight excluding hydrogens is 317 g/mol. The van der Waals surface area contributed by atoms with E-state index in [9.17, 15) is 0 Å². The molecule has 0 unspecified atom stereocenters. The molecule has 1 aliphatic heterocycles. The van der Waals surface area contributed by atoms with Gasteiger partial charge in [-0.05, 0) is 0 Å². The third-order valence-corrected chi connectivity index (χ3v) is 7.34. The van der Waals surface area contributed by atoms with Gasteiger partial charge in [-0.25, -0.2) is 0 Å². The van der Waals surface area contributed by atoms with E-state index in [-0.39, 0.29) is 6.23 Å². The minimum absolute atomic E-state index is 0.0545. The molecule has 1 aromatic carbocycles. The van der Waals surface area contributed by atoms with Crippen LogP contribution in [0.4, 0.5) is 0 Å². The topological polar surface area (TPSA) is 21.6 Å². The van der Waals surface area contributed by atoms with E-state index >= 15 is 0 Å². The van der Waals surface area contributed by atoms with Gasteiger partial charge in [-0.1, -0.05) is 0 Å². The van der Waals surface area contributed by atoms with Gasteiger partial charge in [0.2, 0.25) is 0 Å². The molecule has 0 aliphatic carbocycles. The summed E-state index contributed by atoms with van der Waals surface area (Å²) in [6.07, 6.45) is 0.0545. The van der Waals surface area contributed by atoms with Crippen LogP contribution < -0.4 is 3.58 Å². The van der Waals surface area contributed by atoms with Gasteiger partial charge in [-0.3, -0.25) is 0 Å². The van der Waals surface area contributed by atoms with Crippen LogP contribution >= 0.6 is 0 Å². The first kappa shape index (κ1) is 13.1. The molecule has 1 aliphatic rings. The summed E-state index contributed by atoms with van der Waals surface area (Å²) >= 11 is -1.36. The molecule has 0 spiro atoms. The Morgan fingerprint density at radius 1 is 1.29 bits per heavy atom. The Morgan fingerprint density at radius 2 is 2.00 bits per heavy atom. The van der Waals surface area contributed by atoms with Gasteiger partial charge in [0.1, 0.15) is 0 Å². The second-order valence-corrected chi connectivity index (χ2v) is 12.3. The quantitative estimate of drug-likeness (QED) is 0.777. The number of nitrogens with zero attached hydrogens (tertiary/aromatic N) is 1. The summed E-state index contributed by atoms with van der Waals surface area (Å²) in [5.41, 5.74) is 2.50. The maximum atomic E-state index is 5.73. The van der Waals surface area contributed by atoms with Crippen molar-refractivity contribution in [3.05, 3.63) is 29.8 Å². The molecule has 1 radical (unpaired) electrons. The molecule has 0 bridgehead atoms. The van der Waals surface area contributed by atoms with Crippen LogP contribution in [0, 0.1) is 5.92 Å². The van der Waals surface area contributed by atoms with Gasteiger partial charge in [0.05, 0.1) is 0 Å². The summed E-state index contributed by atoms with van der Waals surface area (Å²) in [5.74, 6) is 0.459. The van der Waals surface area contributed by atoms with Crippen LogP contribution in [0.5, 0.6) is 0 Å². The molecule has 17 heavy (non-hydrogen) atoms. The molecule has 1 heterocycles. The van der Waals surface area contributed by atoms with Gasteiger partial charge in [-0.2, -0.15) is 0 Å². The van der Waals surface area contributed by atoms with Crippen LogP contribution in [-0.4, -0.2) is 38.3 Å². The minimum atomic E-state index is -1.36. The summed E-state index contributed by atoms with van der Waals surface area (Å²) in [7, 11) is 0. The molecule has 1 aromatic rings. The number of hydrogen-bond donors (Lipinski definition) is 0. The predicted octanol–water partition coefficient (Wildman–Crippen LogP) is 2.45. The Hall–Kier alpha value is -0.351. The molecule has 91 valence electrons. The fourth-order valence-corrected chi connectivity index (χ4v) is 5.47. The first-order chi connectivity index (χ1) is 8.09. The third kappa shape index (κ3) is 2.91. The van der Waals surface area contributed by atoms with Crippen LogP contribution in [0.2, 0.25) is 9.88 Å². The van der Waals surface area contributed by atoms with Crippen LogP contribution in [0.1, 0.15) is 19.4 Å². The molecule has 0 saturated heterocycles. The SMILES string of the molecule is CC(C)[C@@H]1N=C(c2cccc[c]2[Sn]([CH3])[CH3])CO1. The van der Waals surface area contributed by atoms with Crippen molar-refractivity contribution in [2.75, 3.05) is 6.61 Å². The van der Waals surface area contributed by atoms with Crippen molar-refractivity contribution in [1.82, 2.24) is 0 Å². The van der Waals surface area contributed by atoms with Crippen molar-refractivity contribution in [2.45, 2.75) is 30.0 Å². The average molecular weight is 337 g/mol. The number of hydrogen-bond acceptors (Lipinski definition) is 2. The molecular formula is C14H20NOSn. The number of ether oxygens (including phenoxy) is 1. The zero-order chi connectivity index (χ0) is 12.4. The van der Waals surface area contributed by atoms with Gasteiger partial charge >= 0.3 is 111 Å². The first-order valence-electron chi connectivity index (χ1n) is 6.18. The standard InChI is InChI=1S/C12H14NO.2CH3.Sn/c1-9(2)12-13-11(8-14-12)10-6-4-3-5-7-10;;;/h3-6,9,12H,8H2,1-2H3;2*1H3;/t12-;;;/m1.../s1. The molecule has 1 atom stereocenters. The molecule has 0 aromatic heterocycles. The molecule has 0 fully saturated rings. The van der Waals surface area contributed by atoms with Gasteiger partial charge in [-0.15, -0.1) is 0 Å². The van der Waals surface area contributed by atoms with Crippen molar-refractivity contribution in [1.29, 1.82) is 0 Å². The van der Waals surface area contributed by atoms with E-state index in [1.54, 1.807) is 3.58 Å². The van der Waals surface area contributed by atoms with Crippen molar-refractivity contribution in [2.24, 2.45) is 10.9 Å². The Balaban J connectivity index is 2.32. The van der Waals surface area contributed by atoms with E-state index < -0.39 is 19.8 Å². The molecule has 0 N–H and O–H groups in total. The van der Waals surface area contributed by atoms with Crippen molar-refractivity contribution in [3.8, 4) is 0 Å².